The number of hydrogen-bond acceptors (Lipinski definition) is 10. The number of morpholine rings is 1. The zero-order valence-electron chi connectivity index (χ0n) is 23.3. The molecule has 1 aromatic carbocycles. The first-order valence-electron chi connectivity index (χ1n) is 14.1. The molecule has 0 saturated carbocycles. The summed E-state index contributed by atoms with van der Waals surface area (Å²) >= 11 is 0. The molecule has 5 rings (SSSR count). The number of rotatable bonds is 12. The molecule has 2 atom stereocenters. The van der Waals surface area contributed by atoms with E-state index in [-0.39, 0.29) is 36.0 Å². The number of benzene rings is 1. The molecule has 0 bridgehead atoms. The molecule has 0 radical (unpaired) electrons. The van der Waals surface area contributed by atoms with Gasteiger partial charge in [-0.1, -0.05) is 12.1 Å². The van der Waals surface area contributed by atoms with E-state index in [1.54, 1.807) is 29.2 Å². The fourth-order valence-electron chi connectivity index (χ4n) is 5.11. The van der Waals surface area contributed by atoms with E-state index in [0.717, 1.165) is 32.5 Å². The molecular weight excluding hydrogens is 530 g/mol. The standard InChI is InChI=1S/C28H37N7O6/c1-20-5-10-24(41-20)27-30-32-35(31-27)19-25(37)34(12-3-11-33-13-16-39-17-14-33)26(21-6-8-22(36)9-7-21)28(38)29-18-23-4-2-15-40-23/h5-10,23,26,36H,2-4,11-19H2,1H3,(H,29,38)/t23-,26+/m0/s1. The molecule has 4 heterocycles. The highest BCUT2D eigenvalue weighted by Gasteiger charge is 2.32. The van der Waals surface area contributed by atoms with E-state index in [1.807, 2.05) is 6.92 Å². The Balaban J connectivity index is 1.36. The number of aromatic hydroxyl groups is 1. The van der Waals surface area contributed by atoms with Crippen LogP contribution < -0.4 is 5.32 Å². The van der Waals surface area contributed by atoms with Gasteiger partial charge in [0.25, 0.3) is 0 Å². The molecule has 0 unspecified atom stereocenters. The minimum absolute atomic E-state index is 0.0482. The van der Waals surface area contributed by atoms with Gasteiger partial charge in [-0.25, -0.2) is 0 Å². The summed E-state index contributed by atoms with van der Waals surface area (Å²) in [7, 11) is 0. The summed E-state index contributed by atoms with van der Waals surface area (Å²) in [6.07, 6.45) is 2.44. The summed E-state index contributed by atoms with van der Waals surface area (Å²) in [6.45, 7) is 6.75. The summed E-state index contributed by atoms with van der Waals surface area (Å²) < 4.78 is 16.7. The van der Waals surface area contributed by atoms with Gasteiger partial charge >= 0.3 is 0 Å². The molecular formula is C28H37N7O6. The quantitative estimate of drug-likeness (QED) is 0.330. The molecule has 2 aliphatic rings. The van der Waals surface area contributed by atoms with Crippen LogP contribution in [-0.2, 0) is 25.6 Å². The van der Waals surface area contributed by atoms with Crippen LogP contribution in [0.25, 0.3) is 11.6 Å². The topological polar surface area (TPSA) is 148 Å². The number of tetrazole rings is 1. The lowest BCUT2D eigenvalue weighted by Crippen LogP contribution is -2.47. The summed E-state index contributed by atoms with van der Waals surface area (Å²) in [5.74, 6) is 0.865. The van der Waals surface area contributed by atoms with Gasteiger partial charge in [-0.05, 0) is 61.2 Å². The lowest BCUT2D eigenvalue weighted by atomic mass is 10.0. The minimum Gasteiger partial charge on any atom is -0.508 e. The monoisotopic (exact) mass is 567 g/mol. The highest BCUT2D eigenvalue weighted by Crippen LogP contribution is 2.25. The van der Waals surface area contributed by atoms with Crippen molar-refractivity contribution in [3.63, 3.8) is 0 Å². The third-order valence-corrected chi connectivity index (χ3v) is 7.28. The predicted octanol–water partition coefficient (Wildman–Crippen LogP) is 1.53. The average Bonchev–Trinajstić information content (AvgIpc) is 3.75. The van der Waals surface area contributed by atoms with E-state index in [2.05, 4.69) is 25.6 Å². The summed E-state index contributed by atoms with van der Waals surface area (Å²) in [4.78, 5) is 32.7. The first kappa shape index (κ1) is 28.7. The second-order valence-corrected chi connectivity index (χ2v) is 10.3. The first-order chi connectivity index (χ1) is 20.0. The third-order valence-electron chi connectivity index (χ3n) is 7.28. The van der Waals surface area contributed by atoms with Gasteiger partial charge in [0.1, 0.15) is 24.1 Å². The van der Waals surface area contributed by atoms with Crippen LogP contribution in [0.1, 0.15) is 36.6 Å². The normalized spacial score (nSPS) is 18.3. The van der Waals surface area contributed by atoms with Gasteiger partial charge in [0.15, 0.2) is 5.76 Å². The fraction of sp³-hybridized carbons (Fsp3) is 0.536. The summed E-state index contributed by atoms with van der Waals surface area (Å²) in [5, 5.41) is 25.3. The second-order valence-electron chi connectivity index (χ2n) is 10.3. The molecule has 2 fully saturated rings. The van der Waals surface area contributed by atoms with E-state index in [1.165, 1.54) is 16.9 Å². The van der Waals surface area contributed by atoms with Crippen LogP contribution in [0.3, 0.4) is 0 Å². The lowest BCUT2D eigenvalue weighted by molar-refractivity contribution is -0.142. The predicted molar refractivity (Wildman–Crippen MR) is 147 cm³/mol. The number of nitrogens with zero attached hydrogens (tertiary/aromatic N) is 6. The van der Waals surface area contributed by atoms with Crippen LogP contribution in [0.15, 0.2) is 40.8 Å². The Kier molecular flexibility index (Phi) is 9.59. The van der Waals surface area contributed by atoms with Crippen LogP contribution >= 0.6 is 0 Å². The van der Waals surface area contributed by atoms with Gasteiger partial charge in [0.05, 0.1) is 19.3 Å². The van der Waals surface area contributed by atoms with Gasteiger partial charge < -0.3 is 29.2 Å². The van der Waals surface area contributed by atoms with Crippen LogP contribution in [0.2, 0.25) is 0 Å². The van der Waals surface area contributed by atoms with E-state index < -0.39 is 6.04 Å². The zero-order chi connectivity index (χ0) is 28.6. The second kappa shape index (κ2) is 13.7. The van der Waals surface area contributed by atoms with Crippen molar-refractivity contribution in [1.82, 2.24) is 35.3 Å². The molecule has 2 amide bonds. The number of phenolic OH excluding ortho intramolecular Hbond substituents is 1. The number of furan rings is 1. The Morgan fingerprint density at radius 1 is 1.15 bits per heavy atom. The van der Waals surface area contributed by atoms with Crippen molar-refractivity contribution < 1.29 is 28.6 Å². The Hall–Kier alpha value is -3.81. The SMILES string of the molecule is Cc1ccc(-c2nnn(CC(=O)N(CCCN3CCOCC3)[C@@H](C(=O)NC[C@@H]3CCCO3)c3ccc(O)cc3)n2)o1. The largest absolute Gasteiger partial charge is 0.508 e. The molecule has 41 heavy (non-hydrogen) atoms. The third kappa shape index (κ3) is 7.69. The van der Waals surface area contributed by atoms with Crippen molar-refractivity contribution in [1.29, 1.82) is 0 Å². The highest BCUT2D eigenvalue weighted by atomic mass is 16.5. The van der Waals surface area contributed by atoms with E-state index in [9.17, 15) is 14.7 Å². The molecule has 13 heteroatoms. The summed E-state index contributed by atoms with van der Waals surface area (Å²) in [5.41, 5.74) is 0.589. The number of aryl methyl sites for hydroxylation is 1. The lowest BCUT2D eigenvalue weighted by Gasteiger charge is -2.33. The Morgan fingerprint density at radius 2 is 1.95 bits per heavy atom. The summed E-state index contributed by atoms with van der Waals surface area (Å²) in [6, 6.07) is 8.98. The minimum atomic E-state index is -0.926. The molecule has 2 aliphatic heterocycles. The number of hydrogen-bond donors (Lipinski definition) is 2. The maximum Gasteiger partial charge on any atom is 0.247 e. The maximum atomic E-state index is 13.9. The van der Waals surface area contributed by atoms with Crippen LogP contribution in [-0.4, -0.2) is 106 Å². The fourth-order valence-corrected chi connectivity index (χ4v) is 5.11. The van der Waals surface area contributed by atoms with Crippen molar-refractivity contribution >= 4 is 11.8 Å². The Labute approximate surface area is 238 Å². The maximum absolute atomic E-state index is 13.9. The molecule has 2 aromatic heterocycles. The Morgan fingerprint density at radius 3 is 2.66 bits per heavy atom. The molecule has 2 N–H and O–H groups in total. The van der Waals surface area contributed by atoms with Crippen molar-refractivity contribution in [3.05, 3.63) is 47.7 Å². The molecule has 0 aliphatic carbocycles. The number of nitrogens with one attached hydrogen (secondary N) is 1. The van der Waals surface area contributed by atoms with Crippen molar-refractivity contribution in [2.45, 2.75) is 44.9 Å². The van der Waals surface area contributed by atoms with Gasteiger partial charge in [-0.15, -0.1) is 10.2 Å². The van der Waals surface area contributed by atoms with Crippen LogP contribution in [0.5, 0.6) is 5.75 Å². The number of phenols is 1. The van der Waals surface area contributed by atoms with Gasteiger partial charge in [-0.2, -0.15) is 4.80 Å². The number of aromatic nitrogens is 4. The molecule has 0 spiro atoms. The number of carbonyl (C=O) groups excluding carboxylic acids is 2. The van der Waals surface area contributed by atoms with Crippen LogP contribution in [0, 0.1) is 6.92 Å². The van der Waals surface area contributed by atoms with Crippen molar-refractivity contribution in [3.8, 4) is 17.3 Å². The van der Waals surface area contributed by atoms with Crippen molar-refractivity contribution in [2.24, 2.45) is 0 Å². The van der Waals surface area contributed by atoms with E-state index in [0.29, 0.717) is 56.4 Å². The molecule has 13 nitrogen and oxygen atoms in total. The van der Waals surface area contributed by atoms with Crippen LogP contribution in [0.4, 0.5) is 0 Å². The van der Waals surface area contributed by atoms with E-state index >= 15 is 0 Å². The van der Waals surface area contributed by atoms with Crippen molar-refractivity contribution in [2.75, 3.05) is 52.5 Å². The zero-order valence-corrected chi connectivity index (χ0v) is 23.3. The smallest absolute Gasteiger partial charge is 0.247 e. The Bertz CT molecular complexity index is 1280. The van der Waals surface area contributed by atoms with E-state index in [4.69, 9.17) is 13.9 Å². The number of carbonyl (C=O) groups is 2. The van der Waals surface area contributed by atoms with Gasteiger partial charge in [0.2, 0.25) is 17.6 Å². The first-order valence-corrected chi connectivity index (χ1v) is 14.1. The highest BCUT2D eigenvalue weighted by molar-refractivity contribution is 5.88. The number of ether oxygens (including phenoxy) is 2. The van der Waals surface area contributed by atoms with Gasteiger partial charge in [-0.3, -0.25) is 14.5 Å². The molecule has 220 valence electrons. The van der Waals surface area contributed by atoms with Gasteiger partial charge in [0, 0.05) is 39.3 Å². The average molecular weight is 568 g/mol. The molecule has 2 saturated heterocycles. The molecule has 3 aromatic rings. The number of amides is 2.